The quantitative estimate of drug-likeness (QED) is 0.857. The third-order valence-corrected chi connectivity index (χ3v) is 6.96. The predicted molar refractivity (Wildman–Crippen MR) is 105 cm³/mol. The number of rotatable bonds is 4. The number of likely N-dealkylation sites (tertiary alicyclic amines) is 1. The Morgan fingerprint density at radius 1 is 1.11 bits per heavy atom. The van der Waals surface area contributed by atoms with Crippen LogP contribution in [0.15, 0.2) is 30.3 Å². The zero-order valence-electron chi connectivity index (χ0n) is 16.1. The number of nitrogens with zero attached hydrogens (tertiary/aromatic N) is 1. The fraction of sp³-hybridized carbons (Fsp3) is 0.636. The molecule has 2 atom stereocenters. The van der Waals surface area contributed by atoms with Gasteiger partial charge in [0.25, 0.3) is 5.91 Å². The Balaban J connectivity index is 1.26. The van der Waals surface area contributed by atoms with Crippen LogP contribution in [0.1, 0.15) is 48.9 Å². The summed E-state index contributed by atoms with van der Waals surface area (Å²) in [5.74, 6) is 1.37. The molecule has 2 aliphatic heterocycles. The smallest absolute Gasteiger partial charge is 0.253 e. The standard InChI is InChI=1S/C22H31N3O2/c26-20(18-6-2-1-3-7-18)25-12-9-17(10-13-25)14-24-21(27)22-11-5-4-8-19(22)15-23-16-22/h1-3,6-7,17,19,23H,4-5,8-16H2,(H,24,27)/t19-,22+/m0/s1. The summed E-state index contributed by atoms with van der Waals surface area (Å²) in [6.45, 7) is 4.15. The Morgan fingerprint density at radius 3 is 2.67 bits per heavy atom. The van der Waals surface area contributed by atoms with E-state index in [-0.39, 0.29) is 17.2 Å². The van der Waals surface area contributed by atoms with Crippen LogP contribution in [0.2, 0.25) is 0 Å². The Kier molecular flexibility index (Phi) is 5.48. The summed E-state index contributed by atoms with van der Waals surface area (Å²) in [5, 5.41) is 6.73. The topological polar surface area (TPSA) is 61.4 Å². The van der Waals surface area contributed by atoms with Gasteiger partial charge in [0, 0.05) is 31.7 Å². The molecule has 1 saturated carbocycles. The summed E-state index contributed by atoms with van der Waals surface area (Å²) in [6.07, 6.45) is 6.57. The zero-order valence-corrected chi connectivity index (χ0v) is 16.1. The van der Waals surface area contributed by atoms with Crippen molar-refractivity contribution in [2.75, 3.05) is 32.7 Å². The molecule has 5 heteroatoms. The number of hydrogen-bond donors (Lipinski definition) is 2. The molecule has 2 amide bonds. The average molecular weight is 370 g/mol. The molecule has 1 aliphatic carbocycles. The maximum absolute atomic E-state index is 13.0. The zero-order chi connectivity index (χ0) is 18.7. The lowest BCUT2D eigenvalue weighted by Crippen LogP contribution is -2.49. The Morgan fingerprint density at radius 2 is 1.89 bits per heavy atom. The molecule has 3 fully saturated rings. The van der Waals surface area contributed by atoms with Crippen LogP contribution in [0.3, 0.4) is 0 Å². The highest BCUT2D eigenvalue weighted by Crippen LogP contribution is 2.43. The molecule has 5 nitrogen and oxygen atoms in total. The number of benzene rings is 1. The SMILES string of the molecule is O=C(c1ccccc1)N1CCC(CNC(=O)[C@@]23CCCC[C@H]2CNC3)CC1. The molecule has 27 heavy (non-hydrogen) atoms. The highest BCUT2D eigenvalue weighted by Gasteiger charge is 2.49. The van der Waals surface area contributed by atoms with Crippen LogP contribution in [-0.2, 0) is 4.79 Å². The fourth-order valence-electron chi connectivity index (χ4n) is 5.21. The predicted octanol–water partition coefficient (Wildman–Crippen LogP) is 2.43. The van der Waals surface area contributed by atoms with Gasteiger partial charge in [-0.1, -0.05) is 31.0 Å². The van der Waals surface area contributed by atoms with Crippen molar-refractivity contribution in [3.63, 3.8) is 0 Å². The number of nitrogens with one attached hydrogen (secondary N) is 2. The van der Waals surface area contributed by atoms with E-state index in [0.29, 0.717) is 11.8 Å². The van der Waals surface area contributed by atoms with Crippen molar-refractivity contribution < 1.29 is 9.59 Å². The molecule has 2 N–H and O–H groups in total. The summed E-state index contributed by atoms with van der Waals surface area (Å²) in [4.78, 5) is 27.5. The first-order chi connectivity index (χ1) is 13.2. The van der Waals surface area contributed by atoms with Crippen molar-refractivity contribution in [2.24, 2.45) is 17.3 Å². The summed E-state index contributed by atoms with van der Waals surface area (Å²) in [7, 11) is 0. The van der Waals surface area contributed by atoms with Gasteiger partial charge < -0.3 is 15.5 Å². The molecule has 0 bridgehead atoms. The van der Waals surface area contributed by atoms with Gasteiger partial charge in [0.2, 0.25) is 5.91 Å². The van der Waals surface area contributed by atoms with Crippen LogP contribution in [0, 0.1) is 17.3 Å². The van der Waals surface area contributed by atoms with Gasteiger partial charge in [0.1, 0.15) is 0 Å². The summed E-state index contributed by atoms with van der Waals surface area (Å²) >= 11 is 0. The first-order valence-electron chi connectivity index (χ1n) is 10.5. The molecule has 146 valence electrons. The van der Waals surface area contributed by atoms with Crippen molar-refractivity contribution >= 4 is 11.8 Å². The lowest BCUT2D eigenvalue weighted by atomic mass is 9.67. The van der Waals surface area contributed by atoms with Gasteiger partial charge in [-0.25, -0.2) is 0 Å². The van der Waals surface area contributed by atoms with E-state index in [0.717, 1.165) is 57.5 Å². The normalized spacial score (nSPS) is 28.6. The number of carbonyl (C=O) groups excluding carboxylic acids is 2. The third-order valence-electron chi connectivity index (χ3n) is 6.96. The van der Waals surface area contributed by atoms with Crippen LogP contribution < -0.4 is 10.6 Å². The average Bonchev–Trinajstić information content (AvgIpc) is 3.18. The van der Waals surface area contributed by atoms with Gasteiger partial charge in [0.05, 0.1) is 5.41 Å². The van der Waals surface area contributed by atoms with Crippen LogP contribution in [-0.4, -0.2) is 49.4 Å². The number of piperidine rings is 1. The van der Waals surface area contributed by atoms with E-state index in [2.05, 4.69) is 10.6 Å². The van der Waals surface area contributed by atoms with Gasteiger partial charge in [0.15, 0.2) is 0 Å². The van der Waals surface area contributed by atoms with Crippen LogP contribution in [0.4, 0.5) is 0 Å². The lowest BCUT2D eigenvalue weighted by molar-refractivity contribution is -0.134. The molecule has 1 aromatic carbocycles. The molecule has 0 aromatic heterocycles. The van der Waals surface area contributed by atoms with Gasteiger partial charge in [-0.2, -0.15) is 0 Å². The van der Waals surface area contributed by atoms with E-state index in [9.17, 15) is 9.59 Å². The molecule has 3 aliphatic rings. The highest BCUT2D eigenvalue weighted by molar-refractivity contribution is 5.94. The maximum Gasteiger partial charge on any atom is 0.253 e. The van der Waals surface area contributed by atoms with E-state index in [4.69, 9.17) is 0 Å². The molecule has 0 spiro atoms. The Labute approximate surface area is 161 Å². The minimum absolute atomic E-state index is 0.124. The van der Waals surface area contributed by atoms with Crippen LogP contribution in [0.25, 0.3) is 0 Å². The van der Waals surface area contributed by atoms with Crippen molar-refractivity contribution in [2.45, 2.75) is 38.5 Å². The first-order valence-corrected chi connectivity index (χ1v) is 10.5. The molecular weight excluding hydrogens is 338 g/mol. The van der Waals surface area contributed by atoms with Crippen molar-refractivity contribution in [1.82, 2.24) is 15.5 Å². The molecule has 1 aromatic rings. The molecule has 0 radical (unpaired) electrons. The van der Waals surface area contributed by atoms with E-state index in [1.165, 1.54) is 19.3 Å². The van der Waals surface area contributed by atoms with E-state index in [1.807, 2.05) is 35.2 Å². The van der Waals surface area contributed by atoms with Crippen molar-refractivity contribution in [3.8, 4) is 0 Å². The maximum atomic E-state index is 13.0. The summed E-state index contributed by atoms with van der Waals surface area (Å²) in [6, 6.07) is 9.51. The fourth-order valence-corrected chi connectivity index (χ4v) is 5.21. The van der Waals surface area contributed by atoms with Crippen LogP contribution >= 0.6 is 0 Å². The molecule has 2 heterocycles. The number of amides is 2. The number of hydrogen-bond acceptors (Lipinski definition) is 3. The summed E-state index contributed by atoms with van der Waals surface area (Å²) in [5.41, 5.74) is 0.600. The second-order valence-corrected chi connectivity index (χ2v) is 8.54. The largest absolute Gasteiger partial charge is 0.355 e. The Bertz CT molecular complexity index is 669. The second-order valence-electron chi connectivity index (χ2n) is 8.54. The third kappa shape index (κ3) is 3.75. The van der Waals surface area contributed by atoms with Gasteiger partial charge >= 0.3 is 0 Å². The van der Waals surface area contributed by atoms with E-state index < -0.39 is 0 Å². The van der Waals surface area contributed by atoms with Crippen LogP contribution in [0.5, 0.6) is 0 Å². The minimum Gasteiger partial charge on any atom is -0.355 e. The molecule has 2 saturated heterocycles. The van der Waals surface area contributed by atoms with E-state index in [1.54, 1.807) is 0 Å². The minimum atomic E-state index is -0.164. The van der Waals surface area contributed by atoms with Gasteiger partial charge in [-0.3, -0.25) is 9.59 Å². The van der Waals surface area contributed by atoms with Gasteiger partial charge in [-0.15, -0.1) is 0 Å². The number of fused-ring (bicyclic) bond motifs is 1. The first kappa shape index (κ1) is 18.5. The lowest BCUT2D eigenvalue weighted by Gasteiger charge is -2.38. The monoisotopic (exact) mass is 369 g/mol. The summed E-state index contributed by atoms with van der Waals surface area (Å²) < 4.78 is 0. The Hall–Kier alpha value is -1.88. The van der Waals surface area contributed by atoms with Gasteiger partial charge in [-0.05, 0) is 56.2 Å². The molecule has 4 rings (SSSR count). The van der Waals surface area contributed by atoms with E-state index >= 15 is 0 Å². The molecule has 0 unspecified atom stereocenters. The highest BCUT2D eigenvalue weighted by atomic mass is 16.2. The second kappa shape index (κ2) is 8.01. The van der Waals surface area contributed by atoms with Crippen molar-refractivity contribution in [3.05, 3.63) is 35.9 Å². The number of carbonyl (C=O) groups is 2. The van der Waals surface area contributed by atoms with Crippen molar-refractivity contribution in [1.29, 1.82) is 0 Å². The molecular formula is C22H31N3O2.